The van der Waals surface area contributed by atoms with Crippen LogP contribution in [0.5, 0.6) is 0 Å². The first-order valence-corrected chi connectivity index (χ1v) is 24.3. The van der Waals surface area contributed by atoms with Crippen molar-refractivity contribution >= 4 is 11.9 Å². The molecule has 0 aliphatic carbocycles. The average molecular weight is 844 g/mol. The molecule has 344 valence electrons. The van der Waals surface area contributed by atoms with Crippen molar-refractivity contribution in [2.24, 2.45) is 0 Å². The SMILES string of the molecule is CCCCCCCCCCCCCC=C[C@@H](OC(=O)c1ccccc1)[C@H](CO[C@H]1O[C@H](CO)[C@@H]2OC(C)(C)O[C@@H]2[C@H]1O)NC(=O)CCCCCCCCCCCCCCC. The Bertz CT molecular complexity index is 1280. The summed E-state index contributed by atoms with van der Waals surface area (Å²) in [6, 6.07) is 8.04. The minimum atomic E-state index is -1.22. The summed E-state index contributed by atoms with van der Waals surface area (Å²) < 4.78 is 30.3. The Kier molecular flexibility index (Phi) is 27.3. The maximum Gasteiger partial charge on any atom is 0.338 e. The number of nitrogens with one attached hydrogen (secondary N) is 1. The first kappa shape index (κ1) is 52.0. The lowest BCUT2D eigenvalue weighted by molar-refractivity contribution is -0.284. The van der Waals surface area contributed by atoms with Crippen molar-refractivity contribution < 1.29 is 43.5 Å². The summed E-state index contributed by atoms with van der Waals surface area (Å²) in [6.45, 7) is 7.53. The molecule has 7 atom stereocenters. The summed E-state index contributed by atoms with van der Waals surface area (Å²) in [5.41, 5.74) is 0.406. The fraction of sp³-hybridized carbons (Fsp3) is 0.800. The van der Waals surface area contributed by atoms with E-state index in [1.54, 1.807) is 38.1 Å². The predicted octanol–water partition coefficient (Wildman–Crippen LogP) is 11.1. The molecular formula is C50H85NO9. The Hall–Kier alpha value is -2.34. The van der Waals surface area contributed by atoms with Crippen molar-refractivity contribution in [1.82, 2.24) is 5.32 Å². The second-order valence-electron chi connectivity index (χ2n) is 17.8. The van der Waals surface area contributed by atoms with E-state index in [2.05, 4.69) is 19.2 Å². The normalized spacial score (nSPS) is 22.1. The molecule has 2 saturated heterocycles. The van der Waals surface area contributed by atoms with Gasteiger partial charge in [0.25, 0.3) is 0 Å². The van der Waals surface area contributed by atoms with E-state index in [0.29, 0.717) is 12.0 Å². The highest BCUT2D eigenvalue weighted by Gasteiger charge is 2.55. The zero-order valence-electron chi connectivity index (χ0n) is 38.1. The van der Waals surface area contributed by atoms with Gasteiger partial charge in [-0.1, -0.05) is 179 Å². The van der Waals surface area contributed by atoms with Crippen molar-refractivity contribution in [3.05, 3.63) is 48.0 Å². The predicted molar refractivity (Wildman–Crippen MR) is 240 cm³/mol. The van der Waals surface area contributed by atoms with Crippen molar-refractivity contribution in [2.75, 3.05) is 13.2 Å². The molecule has 0 saturated carbocycles. The van der Waals surface area contributed by atoms with E-state index < -0.39 is 54.6 Å². The van der Waals surface area contributed by atoms with E-state index in [0.717, 1.165) is 38.5 Å². The number of allylic oxidation sites excluding steroid dienone is 1. The number of fused-ring (bicyclic) bond motifs is 1. The lowest BCUT2D eigenvalue weighted by atomic mass is 9.99. The van der Waals surface area contributed by atoms with Crippen LogP contribution in [-0.4, -0.2) is 83.9 Å². The van der Waals surface area contributed by atoms with Crippen LogP contribution in [0.1, 0.15) is 205 Å². The molecule has 0 radical (unpaired) electrons. The molecule has 1 aromatic carbocycles. The van der Waals surface area contributed by atoms with Crippen molar-refractivity contribution in [1.29, 1.82) is 0 Å². The highest BCUT2D eigenvalue weighted by Crippen LogP contribution is 2.37. The van der Waals surface area contributed by atoms with Gasteiger partial charge in [0.1, 0.15) is 30.5 Å². The van der Waals surface area contributed by atoms with Gasteiger partial charge in [-0.25, -0.2) is 4.79 Å². The summed E-state index contributed by atoms with van der Waals surface area (Å²) in [7, 11) is 0. The minimum Gasteiger partial charge on any atom is -0.452 e. The third kappa shape index (κ3) is 21.2. The lowest BCUT2D eigenvalue weighted by Gasteiger charge is -2.39. The van der Waals surface area contributed by atoms with Crippen LogP contribution in [0, 0.1) is 0 Å². The van der Waals surface area contributed by atoms with Crippen LogP contribution in [0.25, 0.3) is 0 Å². The molecule has 0 bridgehead atoms. The largest absolute Gasteiger partial charge is 0.452 e. The van der Waals surface area contributed by atoms with Crippen LogP contribution >= 0.6 is 0 Å². The van der Waals surface area contributed by atoms with Crippen molar-refractivity contribution in [3.63, 3.8) is 0 Å². The molecule has 3 rings (SSSR count). The fourth-order valence-corrected chi connectivity index (χ4v) is 8.32. The van der Waals surface area contributed by atoms with Gasteiger partial charge in [-0.3, -0.25) is 4.79 Å². The van der Waals surface area contributed by atoms with E-state index in [1.807, 2.05) is 18.2 Å². The molecule has 60 heavy (non-hydrogen) atoms. The molecule has 1 aromatic rings. The van der Waals surface area contributed by atoms with Crippen LogP contribution in [0.3, 0.4) is 0 Å². The van der Waals surface area contributed by atoms with E-state index in [9.17, 15) is 19.8 Å². The van der Waals surface area contributed by atoms with Gasteiger partial charge >= 0.3 is 5.97 Å². The first-order valence-electron chi connectivity index (χ1n) is 24.3. The Morgan fingerprint density at radius 1 is 0.733 bits per heavy atom. The molecular weight excluding hydrogens is 759 g/mol. The van der Waals surface area contributed by atoms with Crippen LogP contribution in [-0.2, 0) is 28.5 Å². The average Bonchev–Trinajstić information content (AvgIpc) is 3.58. The molecule has 10 heteroatoms. The Labute approximate surface area is 364 Å². The zero-order chi connectivity index (χ0) is 43.3. The number of hydrogen-bond donors (Lipinski definition) is 3. The van der Waals surface area contributed by atoms with Gasteiger partial charge in [-0.15, -0.1) is 0 Å². The van der Waals surface area contributed by atoms with Crippen LogP contribution in [0.4, 0.5) is 0 Å². The van der Waals surface area contributed by atoms with Crippen molar-refractivity contribution in [3.8, 4) is 0 Å². The number of unbranched alkanes of at least 4 members (excludes halogenated alkanes) is 23. The smallest absolute Gasteiger partial charge is 0.338 e. The molecule has 2 heterocycles. The van der Waals surface area contributed by atoms with Gasteiger partial charge in [0.05, 0.1) is 24.8 Å². The Morgan fingerprint density at radius 3 is 1.77 bits per heavy atom. The number of benzene rings is 1. The lowest BCUT2D eigenvalue weighted by Crippen LogP contribution is -2.59. The maximum absolute atomic E-state index is 13.6. The molecule has 10 nitrogen and oxygen atoms in total. The van der Waals surface area contributed by atoms with Gasteiger partial charge < -0.3 is 39.2 Å². The van der Waals surface area contributed by atoms with Crippen LogP contribution in [0.2, 0.25) is 0 Å². The number of ether oxygens (including phenoxy) is 5. The van der Waals surface area contributed by atoms with Gasteiger partial charge in [-0.2, -0.15) is 0 Å². The molecule has 2 aliphatic heterocycles. The minimum absolute atomic E-state index is 0.124. The van der Waals surface area contributed by atoms with E-state index in [1.165, 1.54) is 122 Å². The highest BCUT2D eigenvalue weighted by molar-refractivity contribution is 5.89. The maximum atomic E-state index is 13.6. The third-order valence-corrected chi connectivity index (χ3v) is 11.9. The van der Waals surface area contributed by atoms with E-state index in [-0.39, 0.29) is 19.1 Å². The van der Waals surface area contributed by atoms with Gasteiger partial charge in [0.2, 0.25) is 5.91 Å². The summed E-state index contributed by atoms with van der Waals surface area (Å²) in [5, 5.41) is 24.6. The fourth-order valence-electron chi connectivity index (χ4n) is 8.32. The van der Waals surface area contributed by atoms with Gasteiger partial charge in [0, 0.05) is 6.42 Å². The number of amides is 1. The van der Waals surface area contributed by atoms with E-state index >= 15 is 0 Å². The van der Waals surface area contributed by atoms with Crippen LogP contribution in [0.15, 0.2) is 42.5 Å². The first-order chi connectivity index (χ1) is 29.2. The topological polar surface area (TPSA) is 133 Å². The van der Waals surface area contributed by atoms with E-state index in [4.69, 9.17) is 23.7 Å². The Morgan fingerprint density at radius 2 is 1.23 bits per heavy atom. The quantitative estimate of drug-likeness (QED) is 0.0347. The van der Waals surface area contributed by atoms with Gasteiger partial charge in [0.15, 0.2) is 12.1 Å². The second kappa shape index (κ2) is 31.5. The zero-order valence-corrected chi connectivity index (χ0v) is 38.1. The summed E-state index contributed by atoms with van der Waals surface area (Å²) in [4.78, 5) is 27.0. The van der Waals surface area contributed by atoms with Gasteiger partial charge in [-0.05, 0) is 51.3 Å². The molecule has 3 N–H and O–H groups in total. The van der Waals surface area contributed by atoms with Crippen molar-refractivity contribution in [2.45, 2.75) is 243 Å². The summed E-state index contributed by atoms with van der Waals surface area (Å²) >= 11 is 0. The summed E-state index contributed by atoms with van der Waals surface area (Å²) in [5.74, 6) is -1.63. The number of hydrogen-bond acceptors (Lipinski definition) is 9. The number of aliphatic hydroxyl groups is 2. The molecule has 0 spiro atoms. The second-order valence-corrected chi connectivity index (χ2v) is 17.8. The summed E-state index contributed by atoms with van der Waals surface area (Å²) in [6.07, 6.45) is 29.3. The molecule has 0 unspecified atom stereocenters. The molecule has 2 fully saturated rings. The number of aliphatic hydroxyl groups excluding tert-OH is 2. The number of rotatable bonds is 35. The van der Waals surface area contributed by atoms with Crippen LogP contribution < -0.4 is 5.32 Å². The number of carbonyl (C=O) groups is 2. The number of esters is 1. The molecule has 0 aromatic heterocycles. The molecule has 1 amide bonds. The molecule has 2 aliphatic rings. The monoisotopic (exact) mass is 844 g/mol. The standard InChI is InChI=1S/C50H85NO9/c1-5-7-9-11-13-15-17-19-21-23-25-27-32-36-42(57-48(55)40-34-30-29-31-35-40)41(39-56-49-45(54)47-46(43(38-52)58-49)59-50(3,4)60-47)51-44(53)37-33-28-26-24-22-20-18-16-14-12-10-8-6-2/h29-32,34-36,41-43,45-47,49,52,54H,5-28,33,37-39H2,1-4H3,(H,51,53)/t41-,42+,43+,45+,46-,47+,49-/m0/s1. The number of carbonyl (C=O) groups excluding carboxylic acids is 2. The third-order valence-electron chi connectivity index (χ3n) is 11.9. The highest BCUT2D eigenvalue weighted by atomic mass is 16.8. The Balaban J connectivity index is 1.60.